The van der Waals surface area contributed by atoms with Crippen LogP contribution in [0.25, 0.3) is 5.57 Å². The van der Waals surface area contributed by atoms with Gasteiger partial charge >= 0.3 is 0 Å². The first-order valence-electron chi connectivity index (χ1n) is 12.5. The molecule has 0 radical (unpaired) electrons. The third-order valence-electron chi connectivity index (χ3n) is 7.06. The van der Waals surface area contributed by atoms with Gasteiger partial charge in [-0.25, -0.2) is 0 Å². The third-order valence-corrected chi connectivity index (χ3v) is 7.06. The molecule has 3 aromatic rings. The second-order valence-electron chi connectivity index (χ2n) is 9.90. The Hall–Kier alpha value is -3.61. The molecule has 2 aromatic carbocycles. The van der Waals surface area contributed by atoms with Crippen molar-refractivity contribution in [2.24, 2.45) is 4.99 Å². The van der Waals surface area contributed by atoms with Crippen LogP contribution in [0.1, 0.15) is 71.9 Å². The average Bonchev–Trinajstić information content (AvgIpc) is 3.52. The van der Waals surface area contributed by atoms with Crippen LogP contribution in [0.2, 0.25) is 0 Å². The van der Waals surface area contributed by atoms with Crippen molar-refractivity contribution in [1.82, 2.24) is 9.88 Å². The highest BCUT2D eigenvalue weighted by molar-refractivity contribution is 6.01. The minimum absolute atomic E-state index is 0.548. The van der Waals surface area contributed by atoms with E-state index in [0.29, 0.717) is 6.04 Å². The smallest absolute Gasteiger partial charge is 0.0761 e. The van der Waals surface area contributed by atoms with Crippen LogP contribution in [0.15, 0.2) is 76.9 Å². The maximum absolute atomic E-state index is 4.86. The Morgan fingerprint density at radius 1 is 0.943 bits per heavy atom. The van der Waals surface area contributed by atoms with Gasteiger partial charge in [0.25, 0.3) is 0 Å². The first-order valence-corrected chi connectivity index (χ1v) is 12.5. The Balaban J connectivity index is 1.42. The van der Waals surface area contributed by atoms with Gasteiger partial charge in [-0.2, -0.15) is 0 Å². The van der Waals surface area contributed by atoms with E-state index in [1.54, 1.807) is 0 Å². The zero-order chi connectivity index (χ0) is 24.5. The van der Waals surface area contributed by atoms with Crippen LogP contribution in [0.3, 0.4) is 0 Å². The molecule has 2 aliphatic rings. The number of aromatic amines is 1. The van der Waals surface area contributed by atoms with Crippen molar-refractivity contribution in [2.45, 2.75) is 46.6 Å². The van der Waals surface area contributed by atoms with Crippen molar-refractivity contribution in [1.29, 1.82) is 0 Å². The van der Waals surface area contributed by atoms with E-state index in [4.69, 9.17) is 4.99 Å². The molecule has 3 nitrogen and oxygen atoms in total. The van der Waals surface area contributed by atoms with Gasteiger partial charge in [0.2, 0.25) is 0 Å². The molecule has 3 heterocycles. The van der Waals surface area contributed by atoms with Crippen LogP contribution in [-0.4, -0.2) is 29.2 Å². The Kier molecular flexibility index (Phi) is 6.32. The SMILES string of the molecule is CC1=CC(C)=N/C1=C(/c1ccc(C#Cc2ccc(C3CCCN3C)cc2)cc1)c1[nH]c(C)cc1C. The molecular formula is C32H33N3. The van der Waals surface area contributed by atoms with E-state index in [1.165, 1.54) is 36.1 Å². The van der Waals surface area contributed by atoms with Gasteiger partial charge in [0, 0.05) is 34.1 Å². The summed E-state index contributed by atoms with van der Waals surface area (Å²) in [6.07, 6.45) is 4.67. The fraction of sp³-hybridized carbons (Fsp3) is 0.281. The molecule has 0 aliphatic carbocycles. The van der Waals surface area contributed by atoms with Gasteiger partial charge in [-0.05, 0) is 113 Å². The number of aryl methyl sites for hydroxylation is 2. The number of rotatable bonds is 3. The fourth-order valence-corrected chi connectivity index (χ4v) is 5.30. The maximum Gasteiger partial charge on any atom is 0.0761 e. The number of nitrogens with zero attached hydrogens (tertiary/aromatic N) is 2. The topological polar surface area (TPSA) is 31.4 Å². The Morgan fingerprint density at radius 3 is 2.11 bits per heavy atom. The summed E-state index contributed by atoms with van der Waals surface area (Å²) in [6, 6.07) is 20.1. The van der Waals surface area contributed by atoms with Crippen molar-refractivity contribution in [3.05, 3.63) is 111 Å². The molecule has 3 heteroatoms. The zero-order valence-corrected chi connectivity index (χ0v) is 21.4. The lowest BCUT2D eigenvalue weighted by atomic mass is 9.95. The van der Waals surface area contributed by atoms with Crippen LogP contribution in [0.4, 0.5) is 0 Å². The lowest BCUT2D eigenvalue weighted by molar-refractivity contribution is 0.317. The van der Waals surface area contributed by atoms with Crippen LogP contribution < -0.4 is 0 Å². The molecule has 176 valence electrons. The van der Waals surface area contributed by atoms with Crippen molar-refractivity contribution >= 4 is 11.3 Å². The van der Waals surface area contributed by atoms with E-state index in [1.807, 2.05) is 0 Å². The van der Waals surface area contributed by atoms with E-state index >= 15 is 0 Å². The number of aromatic nitrogens is 1. The Morgan fingerprint density at radius 2 is 1.60 bits per heavy atom. The summed E-state index contributed by atoms with van der Waals surface area (Å²) >= 11 is 0. The number of aliphatic imine (C=N–C) groups is 1. The lowest BCUT2D eigenvalue weighted by Gasteiger charge is -2.19. The summed E-state index contributed by atoms with van der Waals surface area (Å²) in [5.74, 6) is 6.68. The van der Waals surface area contributed by atoms with Gasteiger partial charge in [-0.15, -0.1) is 0 Å². The molecule has 1 saturated heterocycles. The molecule has 1 aromatic heterocycles. The molecular weight excluding hydrogens is 426 g/mol. The monoisotopic (exact) mass is 459 g/mol. The molecule has 1 fully saturated rings. The number of likely N-dealkylation sites (tertiary alicyclic amines) is 1. The molecule has 0 amide bonds. The number of benzene rings is 2. The van der Waals surface area contributed by atoms with E-state index in [2.05, 4.69) is 117 Å². The normalized spacial score (nSPS) is 19.3. The van der Waals surface area contributed by atoms with Crippen LogP contribution in [-0.2, 0) is 0 Å². The number of H-pyrrole nitrogens is 1. The van der Waals surface area contributed by atoms with Crippen LogP contribution >= 0.6 is 0 Å². The summed E-state index contributed by atoms with van der Waals surface area (Å²) in [4.78, 5) is 10.9. The van der Waals surface area contributed by atoms with Gasteiger partial charge in [0.1, 0.15) is 0 Å². The van der Waals surface area contributed by atoms with Gasteiger partial charge in [-0.3, -0.25) is 9.89 Å². The molecule has 0 saturated carbocycles. The Labute approximate surface area is 209 Å². The standard InChI is InChI=1S/C32H33N3/c1-21-19-23(3)33-31(21)30(32-22(2)20-24(4)34-32)28-16-12-26(13-17-28)9-8-25-10-14-27(15-11-25)29-7-6-18-35(29)5/h10-17,19-20,29,33H,6-7,18H2,1-5H3/b32-30-. The number of hydrogen-bond acceptors (Lipinski definition) is 2. The minimum Gasteiger partial charge on any atom is -0.358 e. The molecule has 5 rings (SSSR count). The van der Waals surface area contributed by atoms with Gasteiger partial charge < -0.3 is 4.98 Å². The number of nitrogens with one attached hydrogen (secondary N) is 1. The summed E-state index contributed by atoms with van der Waals surface area (Å²) in [5.41, 5.74) is 12.5. The van der Waals surface area contributed by atoms with Crippen molar-refractivity contribution in [3.63, 3.8) is 0 Å². The fourth-order valence-electron chi connectivity index (χ4n) is 5.30. The molecule has 35 heavy (non-hydrogen) atoms. The molecule has 1 atom stereocenters. The number of allylic oxidation sites excluding steroid dienone is 2. The second kappa shape index (κ2) is 9.56. The predicted molar refractivity (Wildman–Crippen MR) is 147 cm³/mol. The molecule has 0 bridgehead atoms. The maximum atomic E-state index is 4.86. The summed E-state index contributed by atoms with van der Waals surface area (Å²) in [6.45, 7) is 9.63. The van der Waals surface area contributed by atoms with Crippen LogP contribution in [0.5, 0.6) is 0 Å². The highest BCUT2D eigenvalue weighted by Crippen LogP contribution is 2.35. The Bertz CT molecular complexity index is 1400. The van der Waals surface area contributed by atoms with E-state index in [0.717, 1.165) is 45.1 Å². The van der Waals surface area contributed by atoms with Gasteiger partial charge in [-0.1, -0.05) is 36.1 Å². The van der Waals surface area contributed by atoms with Crippen LogP contribution in [0, 0.1) is 25.7 Å². The molecule has 1 unspecified atom stereocenters. The largest absolute Gasteiger partial charge is 0.358 e. The first-order chi connectivity index (χ1) is 16.9. The van der Waals surface area contributed by atoms with E-state index < -0.39 is 0 Å². The van der Waals surface area contributed by atoms with Crippen molar-refractivity contribution in [3.8, 4) is 11.8 Å². The van der Waals surface area contributed by atoms with Gasteiger partial charge in [0.15, 0.2) is 0 Å². The van der Waals surface area contributed by atoms with Gasteiger partial charge in [0.05, 0.1) is 11.4 Å². The molecule has 2 aliphatic heterocycles. The third kappa shape index (κ3) is 4.81. The van der Waals surface area contributed by atoms with Crippen molar-refractivity contribution < 1.29 is 0 Å². The highest BCUT2D eigenvalue weighted by Gasteiger charge is 2.22. The summed E-state index contributed by atoms with van der Waals surface area (Å²) in [7, 11) is 2.21. The summed E-state index contributed by atoms with van der Waals surface area (Å²) in [5, 5.41) is 0. The first kappa shape index (κ1) is 23.1. The van der Waals surface area contributed by atoms with Crippen molar-refractivity contribution in [2.75, 3.05) is 13.6 Å². The lowest BCUT2D eigenvalue weighted by Crippen LogP contribution is -2.17. The van der Waals surface area contributed by atoms with E-state index in [-0.39, 0.29) is 0 Å². The highest BCUT2D eigenvalue weighted by atomic mass is 15.1. The second-order valence-corrected chi connectivity index (χ2v) is 9.90. The summed E-state index contributed by atoms with van der Waals surface area (Å²) < 4.78 is 0. The minimum atomic E-state index is 0.548. The average molecular weight is 460 g/mol. The molecule has 0 spiro atoms. The predicted octanol–water partition coefficient (Wildman–Crippen LogP) is 6.98. The zero-order valence-electron chi connectivity index (χ0n) is 21.4. The number of hydrogen-bond donors (Lipinski definition) is 1. The molecule has 1 N–H and O–H groups in total. The van der Waals surface area contributed by atoms with E-state index in [9.17, 15) is 0 Å². The quantitative estimate of drug-likeness (QED) is 0.421.